The van der Waals surface area contributed by atoms with Crippen molar-refractivity contribution in [1.29, 1.82) is 0 Å². The maximum absolute atomic E-state index is 11.8. The van der Waals surface area contributed by atoms with E-state index in [0.717, 1.165) is 25.3 Å². The minimum Gasteiger partial charge on any atom is -0.484 e. The summed E-state index contributed by atoms with van der Waals surface area (Å²) in [4.78, 5) is 13.6. The first-order valence-electron chi connectivity index (χ1n) is 5.71. The molecule has 1 aromatic carbocycles. The lowest BCUT2D eigenvalue weighted by molar-refractivity contribution is -0.132. The molecule has 3 nitrogen and oxygen atoms in total. The SMILES string of the molecule is CC1CCN(C(=O)COc2ccccc2)C1. The Balaban J connectivity index is 1.80. The number of para-hydroxylation sites is 1. The standard InChI is InChI=1S/C13H17NO2/c1-11-7-8-14(9-11)13(15)10-16-12-5-3-2-4-6-12/h2-6,11H,7-10H2,1H3. The number of ether oxygens (including phenoxy) is 1. The zero-order chi connectivity index (χ0) is 11.4. The lowest BCUT2D eigenvalue weighted by Gasteiger charge is -2.16. The van der Waals surface area contributed by atoms with Crippen LogP contribution in [0.2, 0.25) is 0 Å². The Morgan fingerprint density at radius 1 is 1.44 bits per heavy atom. The first-order chi connectivity index (χ1) is 7.75. The van der Waals surface area contributed by atoms with E-state index in [-0.39, 0.29) is 12.5 Å². The van der Waals surface area contributed by atoms with Gasteiger partial charge in [-0.1, -0.05) is 25.1 Å². The molecule has 1 atom stereocenters. The van der Waals surface area contributed by atoms with E-state index < -0.39 is 0 Å². The van der Waals surface area contributed by atoms with Crippen molar-refractivity contribution in [2.75, 3.05) is 19.7 Å². The van der Waals surface area contributed by atoms with Crippen molar-refractivity contribution in [2.45, 2.75) is 13.3 Å². The smallest absolute Gasteiger partial charge is 0.260 e. The highest BCUT2D eigenvalue weighted by atomic mass is 16.5. The molecule has 16 heavy (non-hydrogen) atoms. The van der Waals surface area contributed by atoms with Crippen LogP contribution < -0.4 is 4.74 Å². The molecule has 0 aliphatic carbocycles. The van der Waals surface area contributed by atoms with E-state index in [1.807, 2.05) is 35.2 Å². The zero-order valence-corrected chi connectivity index (χ0v) is 9.56. The number of carbonyl (C=O) groups excluding carboxylic acids is 1. The van der Waals surface area contributed by atoms with Crippen LogP contribution in [0.1, 0.15) is 13.3 Å². The number of nitrogens with zero attached hydrogens (tertiary/aromatic N) is 1. The number of likely N-dealkylation sites (tertiary alicyclic amines) is 1. The minimum atomic E-state index is 0.0909. The van der Waals surface area contributed by atoms with Gasteiger partial charge in [-0.25, -0.2) is 0 Å². The third kappa shape index (κ3) is 2.75. The molecule has 0 spiro atoms. The Bertz CT molecular complexity index is 350. The molecule has 1 aromatic rings. The lowest BCUT2D eigenvalue weighted by atomic mass is 10.2. The molecule has 2 rings (SSSR count). The van der Waals surface area contributed by atoms with Crippen LogP contribution in [-0.4, -0.2) is 30.5 Å². The summed E-state index contributed by atoms with van der Waals surface area (Å²) in [5.74, 6) is 1.47. The Morgan fingerprint density at radius 2 is 2.19 bits per heavy atom. The first kappa shape index (κ1) is 11.0. The van der Waals surface area contributed by atoms with E-state index in [2.05, 4.69) is 6.92 Å². The predicted octanol–water partition coefficient (Wildman–Crippen LogP) is 1.93. The van der Waals surface area contributed by atoms with E-state index in [0.29, 0.717) is 5.92 Å². The highest BCUT2D eigenvalue weighted by molar-refractivity contribution is 5.78. The zero-order valence-electron chi connectivity index (χ0n) is 9.56. The maximum atomic E-state index is 11.8. The van der Waals surface area contributed by atoms with Gasteiger partial charge in [0.1, 0.15) is 5.75 Å². The van der Waals surface area contributed by atoms with Crippen molar-refractivity contribution in [2.24, 2.45) is 5.92 Å². The Morgan fingerprint density at radius 3 is 2.81 bits per heavy atom. The largest absolute Gasteiger partial charge is 0.484 e. The number of amides is 1. The van der Waals surface area contributed by atoms with Crippen LogP contribution in [0.3, 0.4) is 0 Å². The van der Waals surface area contributed by atoms with Gasteiger partial charge in [-0.3, -0.25) is 4.79 Å². The van der Waals surface area contributed by atoms with Gasteiger partial charge in [0.25, 0.3) is 5.91 Å². The fourth-order valence-electron chi connectivity index (χ4n) is 1.91. The average molecular weight is 219 g/mol. The first-order valence-corrected chi connectivity index (χ1v) is 5.71. The van der Waals surface area contributed by atoms with Gasteiger partial charge in [-0.15, -0.1) is 0 Å². The van der Waals surface area contributed by atoms with E-state index in [1.165, 1.54) is 0 Å². The molecular weight excluding hydrogens is 202 g/mol. The topological polar surface area (TPSA) is 29.5 Å². The van der Waals surface area contributed by atoms with Gasteiger partial charge in [-0.2, -0.15) is 0 Å². The normalized spacial score (nSPS) is 19.8. The molecule has 1 heterocycles. The second-order valence-corrected chi connectivity index (χ2v) is 4.34. The molecule has 86 valence electrons. The second-order valence-electron chi connectivity index (χ2n) is 4.34. The van der Waals surface area contributed by atoms with E-state index in [1.54, 1.807) is 0 Å². The van der Waals surface area contributed by atoms with Crippen LogP contribution in [0.5, 0.6) is 5.75 Å². The number of hydrogen-bond acceptors (Lipinski definition) is 2. The van der Waals surface area contributed by atoms with Gasteiger partial charge < -0.3 is 9.64 Å². The fourth-order valence-corrected chi connectivity index (χ4v) is 1.91. The van der Waals surface area contributed by atoms with Crippen LogP contribution in [0, 0.1) is 5.92 Å². The molecule has 1 fully saturated rings. The summed E-state index contributed by atoms with van der Waals surface area (Å²) in [5, 5.41) is 0. The highest BCUT2D eigenvalue weighted by Crippen LogP contribution is 2.15. The molecule has 0 saturated carbocycles. The summed E-state index contributed by atoms with van der Waals surface area (Å²) in [5.41, 5.74) is 0. The van der Waals surface area contributed by atoms with Gasteiger partial charge in [0.15, 0.2) is 6.61 Å². The quantitative estimate of drug-likeness (QED) is 0.777. The Labute approximate surface area is 96.0 Å². The molecule has 1 unspecified atom stereocenters. The fraction of sp³-hybridized carbons (Fsp3) is 0.462. The third-order valence-corrected chi connectivity index (χ3v) is 2.88. The number of carbonyl (C=O) groups is 1. The highest BCUT2D eigenvalue weighted by Gasteiger charge is 2.23. The molecule has 1 amide bonds. The molecule has 1 aliphatic heterocycles. The van der Waals surface area contributed by atoms with Crippen LogP contribution in [0.25, 0.3) is 0 Å². The van der Waals surface area contributed by atoms with Crippen molar-refractivity contribution in [3.63, 3.8) is 0 Å². The summed E-state index contributed by atoms with van der Waals surface area (Å²) >= 11 is 0. The van der Waals surface area contributed by atoms with Crippen molar-refractivity contribution in [3.8, 4) is 5.75 Å². The molecular formula is C13H17NO2. The van der Waals surface area contributed by atoms with Crippen LogP contribution >= 0.6 is 0 Å². The summed E-state index contributed by atoms with van der Waals surface area (Å²) in [7, 11) is 0. The molecule has 0 bridgehead atoms. The minimum absolute atomic E-state index is 0.0909. The summed E-state index contributed by atoms with van der Waals surface area (Å²) in [6, 6.07) is 9.45. The average Bonchev–Trinajstić information content (AvgIpc) is 2.74. The van der Waals surface area contributed by atoms with Crippen molar-refractivity contribution >= 4 is 5.91 Å². The molecule has 0 aromatic heterocycles. The van der Waals surface area contributed by atoms with Gasteiger partial charge >= 0.3 is 0 Å². The number of rotatable bonds is 3. The Hall–Kier alpha value is -1.51. The summed E-state index contributed by atoms with van der Waals surface area (Å²) in [6.07, 6.45) is 1.11. The molecule has 1 aliphatic rings. The van der Waals surface area contributed by atoms with Gasteiger partial charge in [0.2, 0.25) is 0 Å². The number of benzene rings is 1. The maximum Gasteiger partial charge on any atom is 0.260 e. The van der Waals surface area contributed by atoms with Crippen LogP contribution in [-0.2, 0) is 4.79 Å². The van der Waals surface area contributed by atoms with E-state index >= 15 is 0 Å². The van der Waals surface area contributed by atoms with Crippen LogP contribution in [0.15, 0.2) is 30.3 Å². The second kappa shape index (κ2) is 5.01. The molecule has 0 radical (unpaired) electrons. The van der Waals surface area contributed by atoms with E-state index in [4.69, 9.17) is 4.74 Å². The van der Waals surface area contributed by atoms with Crippen LogP contribution in [0.4, 0.5) is 0 Å². The van der Waals surface area contributed by atoms with Crippen molar-refractivity contribution < 1.29 is 9.53 Å². The Kier molecular flexibility index (Phi) is 3.44. The van der Waals surface area contributed by atoms with Crippen molar-refractivity contribution in [1.82, 2.24) is 4.90 Å². The van der Waals surface area contributed by atoms with Crippen molar-refractivity contribution in [3.05, 3.63) is 30.3 Å². The monoisotopic (exact) mass is 219 g/mol. The van der Waals surface area contributed by atoms with Gasteiger partial charge in [0.05, 0.1) is 0 Å². The summed E-state index contributed by atoms with van der Waals surface area (Å²) in [6.45, 7) is 4.07. The molecule has 1 saturated heterocycles. The van der Waals surface area contributed by atoms with E-state index in [9.17, 15) is 4.79 Å². The lowest BCUT2D eigenvalue weighted by Crippen LogP contribution is -2.32. The molecule has 0 N–H and O–H groups in total. The predicted molar refractivity (Wildman–Crippen MR) is 62.3 cm³/mol. The molecule has 3 heteroatoms. The van der Waals surface area contributed by atoms with Gasteiger partial charge in [0, 0.05) is 13.1 Å². The van der Waals surface area contributed by atoms with Gasteiger partial charge in [-0.05, 0) is 24.5 Å². The third-order valence-electron chi connectivity index (χ3n) is 2.88. The summed E-state index contributed by atoms with van der Waals surface area (Å²) < 4.78 is 5.42. The number of hydrogen-bond donors (Lipinski definition) is 0.